The van der Waals surface area contributed by atoms with Gasteiger partial charge >= 0.3 is 6.03 Å². The molecule has 2 amide bonds. The van der Waals surface area contributed by atoms with Crippen LogP contribution in [0.1, 0.15) is 5.56 Å². The van der Waals surface area contributed by atoms with E-state index in [2.05, 4.69) is 15.6 Å². The third-order valence-corrected chi connectivity index (χ3v) is 4.75. The number of carbonyl (C=O) groups is 1. The second kappa shape index (κ2) is 8.58. The van der Waals surface area contributed by atoms with Crippen LogP contribution in [-0.4, -0.2) is 22.7 Å². The van der Waals surface area contributed by atoms with Crippen molar-refractivity contribution in [2.75, 3.05) is 17.7 Å². The van der Waals surface area contributed by atoms with Crippen LogP contribution in [0.2, 0.25) is 0 Å². The first kappa shape index (κ1) is 20.0. The molecule has 0 aliphatic carbocycles. The second-order valence-electron chi connectivity index (χ2n) is 6.91. The number of ether oxygens (including phenoxy) is 1. The summed E-state index contributed by atoms with van der Waals surface area (Å²) in [6.07, 6.45) is 1.47. The summed E-state index contributed by atoms with van der Waals surface area (Å²) in [7, 11) is 1.60. The lowest BCUT2D eigenvalue weighted by Crippen LogP contribution is -2.24. The Kier molecular flexibility index (Phi) is 5.53. The van der Waals surface area contributed by atoms with E-state index in [1.54, 1.807) is 23.8 Å². The fourth-order valence-electron chi connectivity index (χ4n) is 3.30. The van der Waals surface area contributed by atoms with Crippen LogP contribution < -0.4 is 26.7 Å². The predicted molar refractivity (Wildman–Crippen MR) is 121 cm³/mol. The fourth-order valence-corrected chi connectivity index (χ4v) is 3.30. The van der Waals surface area contributed by atoms with Crippen molar-refractivity contribution < 1.29 is 9.53 Å². The van der Waals surface area contributed by atoms with Gasteiger partial charge in [0.1, 0.15) is 17.1 Å². The van der Waals surface area contributed by atoms with Crippen LogP contribution in [-0.2, 0) is 6.54 Å². The van der Waals surface area contributed by atoms with Gasteiger partial charge in [-0.25, -0.2) is 9.78 Å². The summed E-state index contributed by atoms with van der Waals surface area (Å²) in [6, 6.07) is 19.7. The first-order valence-corrected chi connectivity index (χ1v) is 9.58. The third kappa shape index (κ3) is 4.48. The SMILES string of the molecule is COc1ccc(Cn2c(=O)c(Nc3ccccc3)cc3cc(NC(N)=O)cnc32)cc1. The van der Waals surface area contributed by atoms with E-state index in [4.69, 9.17) is 10.5 Å². The number of carbonyl (C=O) groups excluding carboxylic acids is 1. The first-order valence-electron chi connectivity index (χ1n) is 9.58. The second-order valence-corrected chi connectivity index (χ2v) is 6.91. The Morgan fingerprint density at radius 3 is 2.48 bits per heavy atom. The molecule has 8 heteroatoms. The van der Waals surface area contributed by atoms with Crippen molar-refractivity contribution in [3.05, 3.63) is 88.8 Å². The summed E-state index contributed by atoms with van der Waals surface area (Å²) in [5.41, 5.74) is 8.05. The number of benzene rings is 2. The monoisotopic (exact) mass is 415 g/mol. The zero-order valence-electron chi connectivity index (χ0n) is 16.8. The Morgan fingerprint density at radius 1 is 1.06 bits per heavy atom. The number of hydrogen-bond donors (Lipinski definition) is 3. The molecule has 2 aromatic heterocycles. The van der Waals surface area contributed by atoms with E-state index >= 15 is 0 Å². The summed E-state index contributed by atoms with van der Waals surface area (Å²) in [5, 5.41) is 6.37. The average Bonchev–Trinajstić information content (AvgIpc) is 2.77. The van der Waals surface area contributed by atoms with Gasteiger partial charge in [0.05, 0.1) is 25.5 Å². The Balaban J connectivity index is 1.83. The maximum absolute atomic E-state index is 13.3. The molecule has 0 unspecified atom stereocenters. The molecule has 2 heterocycles. The molecule has 0 saturated heterocycles. The summed E-state index contributed by atoms with van der Waals surface area (Å²) < 4.78 is 6.80. The van der Waals surface area contributed by atoms with Crippen LogP contribution >= 0.6 is 0 Å². The molecule has 0 saturated carbocycles. The maximum Gasteiger partial charge on any atom is 0.316 e. The first-order chi connectivity index (χ1) is 15.0. The van der Waals surface area contributed by atoms with E-state index in [1.807, 2.05) is 54.6 Å². The largest absolute Gasteiger partial charge is 0.497 e. The predicted octanol–water partition coefficient (Wildman–Crippen LogP) is 3.69. The summed E-state index contributed by atoms with van der Waals surface area (Å²) in [6.45, 7) is 0.319. The van der Waals surface area contributed by atoms with E-state index in [1.165, 1.54) is 6.20 Å². The molecule has 0 spiro atoms. The van der Waals surface area contributed by atoms with Crippen LogP contribution in [0.5, 0.6) is 5.75 Å². The normalized spacial score (nSPS) is 10.6. The van der Waals surface area contributed by atoms with Crippen molar-refractivity contribution in [2.45, 2.75) is 6.54 Å². The summed E-state index contributed by atoms with van der Waals surface area (Å²) in [4.78, 5) is 29.0. The number of nitrogens with zero attached hydrogens (tertiary/aromatic N) is 2. The quantitative estimate of drug-likeness (QED) is 0.445. The molecule has 0 bridgehead atoms. The van der Waals surface area contributed by atoms with E-state index in [0.29, 0.717) is 29.0 Å². The van der Waals surface area contributed by atoms with E-state index in [-0.39, 0.29) is 5.56 Å². The number of rotatable bonds is 6. The highest BCUT2D eigenvalue weighted by Gasteiger charge is 2.13. The van der Waals surface area contributed by atoms with Crippen LogP contribution in [0.3, 0.4) is 0 Å². The van der Waals surface area contributed by atoms with E-state index in [0.717, 1.165) is 17.0 Å². The molecule has 0 aliphatic rings. The van der Waals surface area contributed by atoms with Gasteiger partial charge in [-0.05, 0) is 42.0 Å². The van der Waals surface area contributed by atoms with Crippen molar-refractivity contribution in [1.29, 1.82) is 0 Å². The Morgan fingerprint density at radius 2 is 1.81 bits per heavy atom. The number of nitrogens with two attached hydrogens (primary N) is 1. The third-order valence-electron chi connectivity index (χ3n) is 4.75. The number of anilines is 3. The molecule has 0 fully saturated rings. The maximum atomic E-state index is 13.3. The minimum absolute atomic E-state index is 0.213. The number of amides is 2. The highest BCUT2D eigenvalue weighted by atomic mass is 16.5. The molecular formula is C23H21N5O3. The van der Waals surface area contributed by atoms with Crippen LogP contribution in [0.4, 0.5) is 21.9 Å². The number of methoxy groups -OCH3 is 1. The van der Waals surface area contributed by atoms with Gasteiger partial charge < -0.3 is 21.1 Å². The number of urea groups is 1. The minimum Gasteiger partial charge on any atom is -0.497 e. The van der Waals surface area contributed by atoms with Crippen LogP contribution in [0.25, 0.3) is 11.0 Å². The average molecular weight is 415 g/mol. The smallest absolute Gasteiger partial charge is 0.316 e. The molecule has 0 atom stereocenters. The molecule has 8 nitrogen and oxygen atoms in total. The molecule has 4 aromatic rings. The highest BCUT2D eigenvalue weighted by Crippen LogP contribution is 2.22. The molecule has 4 N–H and O–H groups in total. The lowest BCUT2D eigenvalue weighted by molar-refractivity contribution is 0.259. The van der Waals surface area contributed by atoms with Crippen molar-refractivity contribution >= 4 is 34.1 Å². The molecular weight excluding hydrogens is 394 g/mol. The van der Waals surface area contributed by atoms with Crippen LogP contribution in [0.15, 0.2) is 77.7 Å². The number of para-hydroxylation sites is 1. The van der Waals surface area contributed by atoms with Gasteiger partial charge in [-0.1, -0.05) is 30.3 Å². The van der Waals surface area contributed by atoms with Crippen molar-refractivity contribution in [2.24, 2.45) is 5.73 Å². The van der Waals surface area contributed by atoms with Crippen molar-refractivity contribution in [3.8, 4) is 5.75 Å². The van der Waals surface area contributed by atoms with Gasteiger partial charge in [0.25, 0.3) is 5.56 Å². The zero-order valence-corrected chi connectivity index (χ0v) is 16.8. The topological polar surface area (TPSA) is 111 Å². The van der Waals surface area contributed by atoms with Crippen LogP contribution in [0, 0.1) is 0 Å². The molecule has 4 rings (SSSR count). The summed E-state index contributed by atoms with van der Waals surface area (Å²) >= 11 is 0. The fraction of sp³-hybridized carbons (Fsp3) is 0.0870. The van der Waals surface area contributed by atoms with Gasteiger partial charge in [0.2, 0.25) is 0 Å². The highest BCUT2D eigenvalue weighted by molar-refractivity contribution is 5.91. The number of fused-ring (bicyclic) bond motifs is 1. The molecule has 31 heavy (non-hydrogen) atoms. The van der Waals surface area contributed by atoms with Gasteiger partial charge in [0.15, 0.2) is 0 Å². The Hall–Kier alpha value is -4.33. The molecule has 0 aliphatic heterocycles. The Labute approximate surface area is 178 Å². The number of primary amides is 1. The zero-order chi connectivity index (χ0) is 21.8. The van der Waals surface area contributed by atoms with E-state index in [9.17, 15) is 9.59 Å². The molecule has 156 valence electrons. The van der Waals surface area contributed by atoms with Crippen molar-refractivity contribution in [3.63, 3.8) is 0 Å². The number of hydrogen-bond acceptors (Lipinski definition) is 5. The van der Waals surface area contributed by atoms with Gasteiger partial charge in [0, 0.05) is 11.1 Å². The van der Waals surface area contributed by atoms with Gasteiger partial charge in [-0.2, -0.15) is 0 Å². The van der Waals surface area contributed by atoms with E-state index < -0.39 is 6.03 Å². The van der Waals surface area contributed by atoms with Gasteiger partial charge in [-0.15, -0.1) is 0 Å². The van der Waals surface area contributed by atoms with Crippen molar-refractivity contribution in [1.82, 2.24) is 9.55 Å². The standard InChI is InChI=1S/C23H21N5O3/c1-31-19-9-7-15(8-10-19)14-28-21-16(11-18(13-25-21)27-23(24)30)12-20(22(28)29)26-17-5-3-2-4-6-17/h2-13,26H,14H2,1H3,(H3,24,27,30). The minimum atomic E-state index is -0.685. The molecule has 2 aromatic carbocycles. The van der Waals surface area contributed by atoms with Gasteiger partial charge in [-0.3, -0.25) is 9.36 Å². The Bertz CT molecular complexity index is 1280. The number of pyridine rings is 2. The molecule has 0 radical (unpaired) electrons. The lowest BCUT2D eigenvalue weighted by Gasteiger charge is -2.15. The number of aromatic nitrogens is 2. The number of nitrogens with one attached hydrogen (secondary N) is 2. The summed E-state index contributed by atoms with van der Waals surface area (Å²) in [5.74, 6) is 0.737. The lowest BCUT2D eigenvalue weighted by atomic mass is 10.2.